The Balaban J connectivity index is 0.00000324. The normalized spacial score (nSPS) is 12.2. The maximum atomic E-state index is 2.35. The summed E-state index contributed by atoms with van der Waals surface area (Å²) in [6.45, 7) is 2.28. The Hall–Kier alpha value is -0.860. The Morgan fingerprint density at radius 2 is 1.47 bits per heavy atom. The first-order valence-corrected chi connectivity index (χ1v) is 7.47. The first kappa shape index (κ1) is 18.1. The highest BCUT2D eigenvalue weighted by atomic mass is 16.0. The van der Waals surface area contributed by atoms with Crippen LogP contribution in [0.5, 0.6) is 0 Å². The number of nitrogens with zero attached hydrogens (tertiary/aromatic N) is 1. The molecule has 1 aromatic carbocycles. The first-order valence-electron chi connectivity index (χ1n) is 7.47. The maximum Gasteiger partial charge on any atom is 0.0342 e. The highest BCUT2D eigenvalue weighted by molar-refractivity contribution is 5.18. The summed E-state index contributed by atoms with van der Waals surface area (Å²) in [4.78, 5) is 2.35. The summed E-state index contributed by atoms with van der Waals surface area (Å²) in [6, 6.07) is 11.5. The average Bonchev–Trinajstić information content (AvgIpc) is 2.38. The lowest BCUT2D eigenvalue weighted by atomic mass is 9.99. The predicted molar refractivity (Wildman–Crippen MR) is 84.5 cm³/mol. The summed E-state index contributed by atoms with van der Waals surface area (Å²) in [5.41, 5.74) is 1.45. The first-order chi connectivity index (χ1) is 8.75. The molecule has 0 spiro atoms. The van der Waals surface area contributed by atoms with Crippen molar-refractivity contribution in [3.05, 3.63) is 35.9 Å². The van der Waals surface area contributed by atoms with E-state index in [1.165, 1.54) is 50.5 Å². The second kappa shape index (κ2) is 11.0. The van der Waals surface area contributed by atoms with Gasteiger partial charge in [-0.15, -0.1) is 0 Å². The van der Waals surface area contributed by atoms with Crippen molar-refractivity contribution in [2.24, 2.45) is 0 Å². The molecule has 2 heteroatoms. The van der Waals surface area contributed by atoms with Gasteiger partial charge in [0.15, 0.2) is 0 Å². The van der Waals surface area contributed by atoms with Crippen LogP contribution in [-0.2, 0) is 0 Å². The number of rotatable bonds is 9. The smallest absolute Gasteiger partial charge is 0.0342 e. The van der Waals surface area contributed by atoms with Crippen LogP contribution in [0.4, 0.5) is 0 Å². The van der Waals surface area contributed by atoms with Gasteiger partial charge in [-0.3, -0.25) is 0 Å². The van der Waals surface area contributed by atoms with Gasteiger partial charge in [-0.05, 0) is 26.1 Å². The van der Waals surface area contributed by atoms with Gasteiger partial charge < -0.3 is 10.4 Å². The molecule has 0 aliphatic carbocycles. The maximum absolute atomic E-state index is 2.35. The van der Waals surface area contributed by atoms with E-state index in [4.69, 9.17) is 0 Å². The largest absolute Gasteiger partial charge is 0.412 e. The van der Waals surface area contributed by atoms with Crippen molar-refractivity contribution in [3.8, 4) is 0 Å². The van der Waals surface area contributed by atoms with E-state index in [-0.39, 0.29) is 5.48 Å². The van der Waals surface area contributed by atoms with Crippen molar-refractivity contribution in [1.29, 1.82) is 0 Å². The molecule has 0 saturated heterocycles. The van der Waals surface area contributed by atoms with Gasteiger partial charge >= 0.3 is 0 Å². The van der Waals surface area contributed by atoms with E-state index in [9.17, 15) is 0 Å². The molecule has 1 rings (SSSR count). The van der Waals surface area contributed by atoms with Crippen LogP contribution in [0.3, 0.4) is 0 Å². The molecule has 0 aliphatic rings. The van der Waals surface area contributed by atoms with E-state index in [1.807, 2.05) is 0 Å². The van der Waals surface area contributed by atoms with Gasteiger partial charge in [-0.2, -0.15) is 0 Å². The molecule has 0 radical (unpaired) electrons. The quantitative estimate of drug-likeness (QED) is 0.616. The van der Waals surface area contributed by atoms with Gasteiger partial charge in [0.05, 0.1) is 0 Å². The molecule has 0 amide bonds. The highest BCUT2D eigenvalue weighted by Gasteiger charge is 2.12. The third-order valence-corrected chi connectivity index (χ3v) is 3.64. The van der Waals surface area contributed by atoms with E-state index in [0.29, 0.717) is 6.04 Å². The Kier molecular flexibility index (Phi) is 10.5. The predicted octanol–water partition coefficient (Wildman–Crippen LogP) is 4.22. The van der Waals surface area contributed by atoms with Gasteiger partial charge in [0.1, 0.15) is 0 Å². The molecule has 0 saturated carbocycles. The van der Waals surface area contributed by atoms with Crippen molar-refractivity contribution in [2.45, 2.75) is 57.9 Å². The van der Waals surface area contributed by atoms with E-state index in [0.717, 1.165) is 0 Å². The molecule has 1 atom stereocenters. The summed E-state index contributed by atoms with van der Waals surface area (Å²) in [7, 11) is 4.38. The van der Waals surface area contributed by atoms with Crippen LogP contribution in [0.25, 0.3) is 0 Å². The van der Waals surface area contributed by atoms with E-state index < -0.39 is 0 Å². The Bertz CT molecular complexity index is 297. The Labute approximate surface area is 119 Å². The van der Waals surface area contributed by atoms with Crippen LogP contribution in [0.2, 0.25) is 0 Å². The second-order valence-corrected chi connectivity index (χ2v) is 5.45. The zero-order valence-corrected chi connectivity index (χ0v) is 12.9. The van der Waals surface area contributed by atoms with Gasteiger partial charge in [0.2, 0.25) is 0 Å². The van der Waals surface area contributed by atoms with Crippen molar-refractivity contribution in [3.63, 3.8) is 0 Å². The third kappa shape index (κ3) is 7.34. The molecular weight excluding hydrogens is 234 g/mol. The Morgan fingerprint density at radius 1 is 0.895 bits per heavy atom. The molecule has 0 aliphatic heterocycles. The fourth-order valence-corrected chi connectivity index (χ4v) is 2.52. The second-order valence-electron chi connectivity index (χ2n) is 5.45. The van der Waals surface area contributed by atoms with Crippen LogP contribution in [0.1, 0.15) is 63.5 Å². The van der Waals surface area contributed by atoms with Crippen LogP contribution >= 0.6 is 0 Å². The van der Waals surface area contributed by atoms with Crippen LogP contribution in [0.15, 0.2) is 30.3 Å². The minimum Gasteiger partial charge on any atom is -0.412 e. The van der Waals surface area contributed by atoms with Gasteiger partial charge in [-0.1, -0.05) is 75.8 Å². The lowest BCUT2D eigenvalue weighted by molar-refractivity contribution is 0.276. The van der Waals surface area contributed by atoms with Crippen molar-refractivity contribution < 1.29 is 5.48 Å². The monoisotopic (exact) mass is 265 g/mol. The molecule has 0 fully saturated rings. The van der Waals surface area contributed by atoms with Crippen LogP contribution < -0.4 is 0 Å². The summed E-state index contributed by atoms with van der Waals surface area (Å²) in [5, 5.41) is 0. The summed E-state index contributed by atoms with van der Waals surface area (Å²) < 4.78 is 0. The fraction of sp³-hybridized carbons (Fsp3) is 0.647. The standard InChI is InChI=1S/C17H29N.H2O/c1-4-5-6-7-8-12-15-17(18(2)3)16-13-10-9-11-14-16;/h9-11,13-14,17H,4-8,12,15H2,1-3H3;1H2. The topological polar surface area (TPSA) is 34.7 Å². The highest BCUT2D eigenvalue weighted by Crippen LogP contribution is 2.24. The molecule has 1 unspecified atom stereocenters. The van der Waals surface area contributed by atoms with Crippen molar-refractivity contribution in [2.75, 3.05) is 14.1 Å². The van der Waals surface area contributed by atoms with Crippen molar-refractivity contribution in [1.82, 2.24) is 4.90 Å². The molecule has 1 aromatic rings. The van der Waals surface area contributed by atoms with E-state index in [1.54, 1.807) is 0 Å². The SMILES string of the molecule is CCCCCCCCC(c1ccccc1)N(C)C.O. The number of hydrogen-bond donors (Lipinski definition) is 0. The molecule has 0 aromatic heterocycles. The van der Waals surface area contributed by atoms with Crippen molar-refractivity contribution >= 4 is 0 Å². The molecule has 0 bridgehead atoms. The van der Waals surface area contributed by atoms with Crippen LogP contribution in [-0.4, -0.2) is 24.5 Å². The molecule has 19 heavy (non-hydrogen) atoms. The summed E-state index contributed by atoms with van der Waals surface area (Å²) >= 11 is 0. The number of unbranched alkanes of at least 4 members (excludes halogenated alkanes) is 5. The minimum absolute atomic E-state index is 0. The molecule has 110 valence electrons. The fourth-order valence-electron chi connectivity index (χ4n) is 2.52. The molecular formula is C17H31NO. The number of hydrogen-bond acceptors (Lipinski definition) is 1. The van der Waals surface area contributed by atoms with Gasteiger partial charge in [-0.25, -0.2) is 0 Å². The zero-order chi connectivity index (χ0) is 13.2. The summed E-state index contributed by atoms with van der Waals surface area (Å²) in [6.07, 6.45) is 9.57. The molecule has 0 heterocycles. The number of benzene rings is 1. The summed E-state index contributed by atoms with van der Waals surface area (Å²) in [5.74, 6) is 0. The lowest BCUT2D eigenvalue weighted by Gasteiger charge is -2.24. The molecule has 2 nitrogen and oxygen atoms in total. The Morgan fingerprint density at radius 3 is 2.05 bits per heavy atom. The lowest BCUT2D eigenvalue weighted by Crippen LogP contribution is -2.19. The van der Waals surface area contributed by atoms with Gasteiger partial charge in [0, 0.05) is 6.04 Å². The van der Waals surface area contributed by atoms with E-state index in [2.05, 4.69) is 56.3 Å². The third-order valence-electron chi connectivity index (χ3n) is 3.64. The van der Waals surface area contributed by atoms with Crippen LogP contribution in [0, 0.1) is 0 Å². The van der Waals surface area contributed by atoms with E-state index >= 15 is 0 Å². The van der Waals surface area contributed by atoms with Gasteiger partial charge in [0.25, 0.3) is 0 Å². The molecule has 2 N–H and O–H groups in total. The minimum atomic E-state index is 0. The zero-order valence-electron chi connectivity index (χ0n) is 12.9. The average molecular weight is 265 g/mol.